The van der Waals surface area contributed by atoms with Crippen LogP contribution in [0.3, 0.4) is 0 Å². The van der Waals surface area contributed by atoms with Crippen LogP contribution in [-0.4, -0.2) is 28.6 Å². The van der Waals surface area contributed by atoms with Crippen LogP contribution in [0.25, 0.3) is 0 Å². The third-order valence-corrected chi connectivity index (χ3v) is 3.89. The van der Waals surface area contributed by atoms with Gasteiger partial charge in [-0.25, -0.2) is 9.86 Å². The largest absolute Gasteiger partial charge is 0.345 e. The van der Waals surface area contributed by atoms with Gasteiger partial charge in [-0.15, -0.1) is 0 Å². The molecule has 1 unspecified atom stereocenters. The van der Waals surface area contributed by atoms with E-state index in [1.807, 2.05) is 48.5 Å². The highest BCUT2D eigenvalue weighted by Crippen LogP contribution is 2.17. The van der Waals surface area contributed by atoms with Gasteiger partial charge in [-0.05, 0) is 17.2 Å². The number of nitrogens with one attached hydrogen (secondary N) is 1. The van der Waals surface area contributed by atoms with E-state index in [9.17, 15) is 9.00 Å². The summed E-state index contributed by atoms with van der Waals surface area (Å²) in [5, 5.41) is 3.94. The van der Waals surface area contributed by atoms with Gasteiger partial charge >= 0.3 is 6.03 Å². The minimum atomic E-state index is -0.977. The lowest BCUT2D eigenvalue weighted by Gasteiger charge is -2.18. The van der Waals surface area contributed by atoms with Crippen LogP contribution in [0.4, 0.5) is 10.5 Å². The number of hydroxylamine groups is 2. The minimum absolute atomic E-state index is 0.311. The first-order valence-electron chi connectivity index (χ1n) is 7.15. The summed E-state index contributed by atoms with van der Waals surface area (Å²) < 4.78 is 11.4. The molecule has 2 rings (SSSR count). The van der Waals surface area contributed by atoms with Crippen LogP contribution in [0.2, 0.25) is 0 Å². The highest BCUT2D eigenvalue weighted by atomic mass is 32.2. The molecular formula is C17H20N2O3S. The minimum Gasteiger partial charge on any atom is -0.306 e. The van der Waals surface area contributed by atoms with Gasteiger partial charge in [0.05, 0.1) is 5.75 Å². The molecule has 0 aliphatic carbocycles. The van der Waals surface area contributed by atoms with Gasteiger partial charge < -0.3 is 5.32 Å². The summed E-state index contributed by atoms with van der Waals surface area (Å²) in [4.78, 5) is 17.6. The van der Waals surface area contributed by atoms with Crippen LogP contribution in [0.5, 0.6) is 0 Å². The maximum atomic E-state index is 12.2. The van der Waals surface area contributed by atoms with Crippen LogP contribution in [0, 0.1) is 0 Å². The van der Waals surface area contributed by atoms with Gasteiger partial charge in [-0.1, -0.05) is 48.5 Å². The molecule has 6 heteroatoms. The third kappa shape index (κ3) is 5.50. The first kappa shape index (κ1) is 17.2. The molecule has 0 radical (unpaired) electrons. The molecule has 23 heavy (non-hydrogen) atoms. The van der Waals surface area contributed by atoms with Crippen molar-refractivity contribution in [2.45, 2.75) is 12.4 Å². The molecule has 1 N–H and O–H groups in total. The Labute approximate surface area is 138 Å². The van der Waals surface area contributed by atoms with Crippen molar-refractivity contribution >= 4 is 22.5 Å². The van der Waals surface area contributed by atoms with Crippen molar-refractivity contribution in [1.82, 2.24) is 5.06 Å². The van der Waals surface area contributed by atoms with Gasteiger partial charge in [0.2, 0.25) is 0 Å². The van der Waals surface area contributed by atoms with Crippen LogP contribution in [0.1, 0.15) is 11.1 Å². The monoisotopic (exact) mass is 332 g/mol. The number of carbonyl (C=O) groups is 1. The molecule has 1 atom stereocenters. The number of urea groups is 1. The Morgan fingerprint density at radius 3 is 2.48 bits per heavy atom. The summed E-state index contributed by atoms with van der Waals surface area (Å²) in [5.41, 5.74) is 2.45. The van der Waals surface area contributed by atoms with E-state index < -0.39 is 10.8 Å². The predicted octanol–water partition coefficient (Wildman–Crippen LogP) is 3.16. The number of rotatable bonds is 6. The fraction of sp³-hybridized carbons (Fsp3) is 0.235. The smallest absolute Gasteiger partial charge is 0.306 e. The second-order valence-electron chi connectivity index (χ2n) is 5.06. The zero-order chi connectivity index (χ0) is 16.7. The van der Waals surface area contributed by atoms with Gasteiger partial charge in [0.1, 0.15) is 6.61 Å². The van der Waals surface area contributed by atoms with Crippen molar-refractivity contribution in [3.05, 3.63) is 65.7 Å². The molecule has 0 aromatic heterocycles. The Kier molecular flexibility index (Phi) is 6.31. The number of hydrogen-bond acceptors (Lipinski definition) is 3. The number of amides is 2. The summed E-state index contributed by atoms with van der Waals surface area (Å²) in [7, 11) is 0.578. The zero-order valence-corrected chi connectivity index (χ0v) is 14.0. The molecule has 2 aromatic rings. The van der Waals surface area contributed by atoms with E-state index in [4.69, 9.17) is 4.84 Å². The lowest BCUT2D eigenvalue weighted by Crippen LogP contribution is -2.31. The summed E-state index contributed by atoms with van der Waals surface area (Å²) in [6.07, 6.45) is 1.63. The summed E-state index contributed by atoms with van der Waals surface area (Å²) in [6.45, 7) is 0.311. The van der Waals surface area contributed by atoms with Crippen molar-refractivity contribution in [3.63, 3.8) is 0 Å². The zero-order valence-electron chi connectivity index (χ0n) is 13.2. The van der Waals surface area contributed by atoms with E-state index in [1.165, 1.54) is 0 Å². The average molecular weight is 332 g/mol. The number of carbonyl (C=O) groups excluding carboxylic acids is 1. The normalized spacial score (nSPS) is 11.7. The molecule has 0 aliphatic heterocycles. The fourth-order valence-corrected chi connectivity index (χ4v) is 2.67. The van der Waals surface area contributed by atoms with Gasteiger partial charge in [0.25, 0.3) is 0 Å². The standard InChI is InChI=1S/C17H20N2O3S/c1-19(22-12-14-8-4-3-5-9-14)17(20)18-16-11-7-6-10-15(16)13-23(2)21/h3-11H,12-13H2,1-2H3,(H,18,20). The van der Waals surface area contributed by atoms with E-state index >= 15 is 0 Å². The highest BCUT2D eigenvalue weighted by Gasteiger charge is 2.12. The molecular weight excluding hydrogens is 312 g/mol. The second-order valence-corrected chi connectivity index (χ2v) is 6.50. The lowest BCUT2D eigenvalue weighted by molar-refractivity contribution is -0.105. The number of nitrogens with zero attached hydrogens (tertiary/aromatic N) is 1. The maximum Gasteiger partial charge on any atom is 0.345 e. The molecule has 0 aliphatic rings. The van der Waals surface area contributed by atoms with E-state index in [0.717, 1.165) is 16.2 Å². The molecule has 0 fully saturated rings. The average Bonchev–Trinajstić information content (AvgIpc) is 2.55. The van der Waals surface area contributed by atoms with Crippen molar-refractivity contribution in [1.29, 1.82) is 0 Å². The Morgan fingerprint density at radius 1 is 1.13 bits per heavy atom. The first-order chi connectivity index (χ1) is 11.1. The topological polar surface area (TPSA) is 58.6 Å². The van der Waals surface area contributed by atoms with Crippen LogP contribution < -0.4 is 5.32 Å². The second kappa shape index (κ2) is 8.45. The van der Waals surface area contributed by atoms with Gasteiger partial charge in [-0.3, -0.25) is 9.05 Å². The maximum absolute atomic E-state index is 12.2. The molecule has 0 saturated carbocycles. The predicted molar refractivity (Wildman–Crippen MR) is 92.2 cm³/mol. The Morgan fingerprint density at radius 2 is 1.78 bits per heavy atom. The molecule has 0 bridgehead atoms. The summed E-state index contributed by atoms with van der Waals surface area (Å²) in [5.74, 6) is 0.394. The van der Waals surface area contributed by atoms with Crippen LogP contribution >= 0.6 is 0 Å². The van der Waals surface area contributed by atoms with Gasteiger partial charge in [0.15, 0.2) is 0 Å². The van der Waals surface area contributed by atoms with Crippen LogP contribution in [0.15, 0.2) is 54.6 Å². The molecule has 2 aromatic carbocycles. The number of benzene rings is 2. The quantitative estimate of drug-likeness (QED) is 0.827. The number of anilines is 1. The molecule has 0 heterocycles. The first-order valence-corrected chi connectivity index (χ1v) is 8.88. The van der Waals surface area contributed by atoms with Crippen molar-refractivity contribution in [3.8, 4) is 0 Å². The highest BCUT2D eigenvalue weighted by molar-refractivity contribution is 7.83. The molecule has 0 saturated heterocycles. The van der Waals surface area contributed by atoms with Crippen molar-refractivity contribution < 1.29 is 13.8 Å². The van der Waals surface area contributed by atoms with Crippen molar-refractivity contribution in [2.24, 2.45) is 0 Å². The van der Waals surface area contributed by atoms with E-state index in [1.54, 1.807) is 19.4 Å². The van der Waals surface area contributed by atoms with Gasteiger partial charge in [0, 0.05) is 29.8 Å². The Hall–Kier alpha value is -2.18. The molecule has 0 spiro atoms. The fourth-order valence-electron chi connectivity index (χ4n) is 1.99. The number of hydrogen-bond donors (Lipinski definition) is 1. The van der Waals surface area contributed by atoms with Crippen LogP contribution in [-0.2, 0) is 28.0 Å². The van der Waals surface area contributed by atoms with E-state index in [2.05, 4.69) is 5.32 Å². The SMILES string of the molecule is CN(OCc1ccccc1)C(=O)Nc1ccccc1CS(C)=O. The number of para-hydroxylation sites is 1. The van der Waals surface area contributed by atoms with Gasteiger partial charge in [-0.2, -0.15) is 0 Å². The third-order valence-electron chi connectivity index (χ3n) is 3.17. The lowest BCUT2D eigenvalue weighted by atomic mass is 10.2. The Balaban J connectivity index is 1.94. The van der Waals surface area contributed by atoms with E-state index in [0.29, 0.717) is 18.0 Å². The molecule has 122 valence electrons. The summed E-state index contributed by atoms with van der Waals surface area (Å²) >= 11 is 0. The molecule has 2 amide bonds. The Bertz CT molecular complexity index is 677. The summed E-state index contributed by atoms with van der Waals surface area (Å²) in [6, 6.07) is 16.5. The van der Waals surface area contributed by atoms with Crippen molar-refractivity contribution in [2.75, 3.05) is 18.6 Å². The molecule has 5 nitrogen and oxygen atoms in total. The van der Waals surface area contributed by atoms with E-state index in [-0.39, 0.29) is 6.03 Å².